The van der Waals surface area contributed by atoms with Gasteiger partial charge in [-0.3, -0.25) is 0 Å². The molecule has 2 saturated heterocycles. The number of hydrogen-bond acceptors (Lipinski definition) is 4. The van der Waals surface area contributed by atoms with E-state index in [1.807, 2.05) is 12.1 Å². The van der Waals surface area contributed by atoms with E-state index in [9.17, 15) is 0 Å². The van der Waals surface area contributed by atoms with Crippen molar-refractivity contribution in [3.8, 4) is 6.07 Å². The molecule has 1 aromatic heterocycles. The Balaban J connectivity index is 1.74. The Kier molecular flexibility index (Phi) is 2.69. The molecule has 0 bridgehead atoms. The Bertz CT molecular complexity index is 420. The summed E-state index contributed by atoms with van der Waals surface area (Å²) in [5.41, 5.74) is 0.628. The van der Waals surface area contributed by atoms with E-state index < -0.39 is 0 Å². The first kappa shape index (κ1) is 10.5. The molecule has 3 heterocycles. The van der Waals surface area contributed by atoms with Gasteiger partial charge in [-0.15, -0.1) is 0 Å². The van der Waals surface area contributed by atoms with Crippen LogP contribution in [0.5, 0.6) is 0 Å². The van der Waals surface area contributed by atoms with Gasteiger partial charge in [-0.1, -0.05) is 0 Å². The highest BCUT2D eigenvalue weighted by Gasteiger charge is 2.34. The number of rotatable bonds is 1. The predicted octanol–water partition coefficient (Wildman–Crippen LogP) is 1.14. The third kappa shape index (κ3) is 1.98. The van der Waals surface area contributed by atoms with Crippen molar-refractivity contribution in [2.45, 2.75) is 18.9 Å². The molecule has 3 rings (SSSR count). The molecule has 2 aliphatic rings. The summed E-state index contributed by atoms with van der Waals surface area (Å²) in [5, 5.41) is 12.3. The van der Waals surface area contributed by atoms with Crippen molar-refractivity contribution in [1.82, 2.24) is 10.3 Å². The van der Waals surface area contributed by atoms with Crippen LogP contribution in [0.3, 0.4) is 0 Å². The van der Waals surface area contributed by atoms with Crippen LogP contribution in [0.25, 0.3) is 0 Å². The lowest BCUT2D eigenvalue weighted by Gasteiger charge is -2.24. The highest BCUT2D eigenvalue weighted by molar-refractivity contribution is 5.43. The fraction of sp³-hybridized carbons (Fsp3) is 0.538. The summed E-state index contributed by atoms with van der Waals surface area (Å²) in [7, 11) is 0. The van der Waals surface area contributed by atoms with E-state index in [1.54, 1.807) is 6.20 Å². The van der Waals surface area contributed by atoms with Gasteiger partial charge in [0.2, 0.25) is 0 Å². The maximum atomic E-state index is 8.75. The first-order valence-corrected chi connectivity index (χ1v) is 6.21. The van der Waals surface area contributed by atoms with Crippen LogP contribution in [-0.2, 0) is 0 Å². The second kappa shape index (κ2) is 4.34. The fourth-order valence-corrected chi connectivity index (χ4v) is 2.87. The normalized spacial score (nSPS) is 27.6. The Morgan fingerprint density at radius 2 is 2.35 bits per heavy atom. The van der Waals surface area contributed by atoms with Gasteiger partial charge < -0.3 is 10.2 Å². The van der Waals surface area contributed by atoms with Crippen molar-refractivity contribution in [3.63, 3.8) is 0 Å². The minimum atomic E-state index is 0.626. The molecule has 1 aromatic rings. The number of piperidine rings is 1. The van der Waals surface area contributed by atoms with Crippen LogP contribution >= 0.6 is 0 Å². The molecule has 88 valence electrons. The molecule has 2 unspecified atom stereocenters. The van der Waals surface area contributed by atoms with E-state index in [1.165, 1.54) is 12.8 Å². The number of nitrogens with one attached hydrogen (secondary N) is 1. The number of anilines is 1. The van der Waals surface area contributed by atoms with Gasteiger partial charge >= 0.3 is 0 Å². The molecule has 0 spiro atoms. The molecule has 1 N–H and O–H groups in total. The summed E-state index contributed by atoms with van der Waals surface area (Å²) in [5.74, 6) is 1.77. The largest absolute Gasteiger partial charge is 0.355 e. The van der Waals surface area contributed by atoms with E-state index >= 15 is 0 Å². The van der Waals surface area contributed by atoms with Crippen LogP contribution in [0, 0.1) is 17.2 Å². The molecule has 0 amide bonds. The minimum absolute atomic E-state index is 0.626. The molecule has 17 heavy (non-hydrogen) atoms. The molecule has 4 nitrogen and oxygen atoms in total. The third-order valence-electron chi connectivity index (χ3n) is 3.80. The number of pyridine rings is 1. The molecule has 0 aromatic carbocycles. The van der Waals surface area contributed by atoms with E-state index in [0.717, 1.165) is 31.4 Å². The highest BCUT2D eigenvalue weighted by atomic mass is 15.2. The molecular weight excluding hydrogens is 212 g/mol. The molecule has 0 radical (unpaired) electrons. The Morgan fingerprint density at radius 1 is 1.41 bits per heavy atom. The number of nitriles is 1. The van der Waals surface area contributed by atoms with Crippen molar-refractivity contribution >= 4 is 5.82 Å². The maximum Gasteiger partial charge on any atom is 0.128 e. The van der Waals surface area contributed by atoms with Crippen molar-refractivity contribution in [3.05, 3.63) is 23.9 Å². The van der Waals surface area contributed by atoms with Crippen molar-refractivity contribution in [2.24, 2.45) is 5.92 Å². The summed E-state index contributed by atoms with van der Waals surface area (Å²) < 4.78 is 0. The minimum Gasteiger partial charge on any atom is -0.355 e. The lowest BCUT2D eigenvalue weighted by molar-refractivity contribution is 0.340. The second-order valence-electron chi connectivity index (χ2n) is 4.88. The Labute approximate surface area is 101 Å². The number of aromatic nitrogens is 1. The van der Waals surface area contributed by atoms with E-state index in [0.29, 0.717) is 11.6 Å². The molecule has 2 fully saturated rings. The molecule has 0 aliphatic carbocycles. The Morgan fingerprint density at radius 3 is 3.06 bits per heavy atom. The van der Waals surface area contributed by atoms with Gasteiger partial charge in [0.15, 0.2) is 0 Å². The molecule has 4 heteroatoms. The summed E-state index contributed by atoms with van der Waals surface area (Å²) in [4.78, 5) is 6.69. The topological polar surface area (TPSA) is 52.0 Å². The summed E-state index contributed by atoms with van der Waals surface area (Å²) in [6, 6.07) is 6.53. The Hall–Kier alpha value is -1.60. The van der Waals surface area contributed by atoms with Crippen LogP contribution in [0.2, 0.25) is 0 Å². The zero-order valence-corrected chi connectivity index (χ0v) is 9.76. The van der Waals surface area contributed by atoms with Crippen LogP contribution in [0.1, 0.15) is 18.4 Å². The lowest BCUT2D eigenvalue weighted by atomic mass is 9.94. The average Bonchev–Trinajstić information content (AvgIpc) is 2.82. The summed E-state index contributed by atoms with van der Waals surface area (Å²) in [6.45, 7) is 3.29. The second-order valence-corrected chi connectivity index (χ2v) is 4.88. The van der Waals surface area contributed by atoms with E-state index in [4.69, 9.17) is 5.26 Å². The molecule has 0 saturated carbocycles. The SMILES string of the molecule is N#Cc1ccc(N2CC3CCCNC3C2)nc1. The predicted molar refractivity (Wildman–Crippen MR) is 65.7 cm³/mol. The van der Waals surface area contributed by atoms with Crippen LogP contribution in [-0.4, -0.2) is 30.7 Å². The van der Waals surface area contributed by atoms with Gasteiger partial charge in [0.1, 0.15) is 11.9 Å². The first-order valence-electron chi connectivity index (χ1n) is 6.21. The van der Waals surface area contributed by atoms with Crippen molar-refractivity contribution in [1.29, 1.82) is 5.26 Å². The number of fused-ring (bicyclic) bond motifs is 1. The quantitative estimate of drug-likeness (QED) is 0.783. The van der Waals surface area contributed by atoms with Gasteiger partial charge in [-0.05, 0) is 37.4 Å². The standard InChI is InChI=1S/C13H16N4/c14-6-10-3-4-13(16-7-10)17-8-11-2-1-5-15-12(11)9-17/h3-4,7,11-12,15H,1-2,5,8-9H2. The molecule has 2 atom stereocenters. The zero-order valence-electron chi connectivity index (χ0n) is 9.76. The smallest absolute Gasteiger partial charge is 0.128 e. The van der Waals surface area contributed by atoms with Gasteiger partial charge in [0, 0.05) is 25.3 Å². The van der Waals surface area contributed by atoms with Gasteiger partial charge in [0.05, 0.1) is 5.56 Å². The van der Waals surface area contributed by atoms with Gasteiger partial charge in [0.25, 0.3) is 0 Å². The number of hydrogen-bond donors (Lipinski definition) is 1. The van der Waals surface area contributed by atoms with Crippen molar-refractivity contribution < 1.29 is 0 Å². The molecule has 2 aliphatic heterocycles. The van der Waals surface area contributed by atoms with Crippen LogP contribution in [0.15, 0.2) is 18.3 Å². The maximum absolute atomic E-state index is 8.75. The monoisotopic (exact) mass is 228 g/mol. The van der Waals surface area contributed by atoms with Crippen LogP contribution < -0.4 is 10.2 Å². The van der Waals surface area contributed by atoms with Crippen LogP contribution in [0.4, 0.5) is 5.82 Å². The first-order chi connectivity index (χ1) is 8.36. The lowest BCUT2D eigenvalue weighted by Crippen LogP contribution is -2.40. The van der Waals surface area contributed by atoms with Crippen molar-refractivity contribution in [2.75, 3.05) is 24.5 Å². The average molecular weight is 228 g/mol. The zero-order chi connectivity index (χ0) is 11.7. The highest BCUT2D eigenvalue weighted by Crippen LogP contribution is 2.27. The third-order valence-corrected chi connectivity index (χ3v) is 3.80. The van der Waals surface area contributed by atoms with Gasteiger partial charge in [-0.2, -0.15) is 5.26 Å². The fourth-order valence-electron chi connectivity index (χ4n) is 2.87. The summed E-state index contributed by atoms with van der Waals surface area (Å²) >= 11 is 0. The molecular formula is C13H16N4. The summed E-state index contributed by atoms with van der Waals surface area (Å²) in [6.07, 6.45) is 4.27. The number of nitrogens with zero attached hydrogens (tertiary/aromatic N) is 3. The van der Waals surface area contributed by atoms with E-state index in [2.05, 4.69) is 21.3 Å². The van der Waals surface area contributed by atoms with Gasteiger partial charge in [-0.25, -0.2) is 4.98 Å². The van der Waals surface area contributed by atoms with E-state index in [-0.39, 0.29) is 0 Å².